The largest absolute Gasteiger partial charge is 0.356 e. The Morgan fingerprint density at radius 3 is 2.43 bits per heavy atom. The number of likely N-dealkylation sites (tertiary alicyclic amines) is 2. The lowest BCUT2D eigenvalue weighted by atomic mass is 9.95. The van der Waals surface area contributed by atoms with Crippen LogP contribution < -0.4 is 5.32 Å². The van der Waals surface area contributed by atoms with Crippen LogP contribution in [0.5, 0.6) is 0 Å². The van der Waals surface area contributed by atoms with Crippen molar-refractivity contribution in [1.29, 1.82) is 0 Å². The van der Waals surface area contributed by atoms with E-state index < -0.39 is 11.6 Å². The van der Waals surface area contributed by atoms with Gasteiger partial charge in [-0.25, -0.2) is 8.78 Å². The lowest BCUT2D eigenvalue weighted by Crippen LogP contribution is -2.42. The maximum Gasteiger partial charge on any atom is 0.253 e. The number of piperidine rings is 1. The number of carbonyl (C=O) groups is 3. The van der Waals surface area contributed by atoms with Crippen LogP contribution in [0.3, 0.4) is 0 Å². The van der Waals surface area contributed by atoms with Crippen LogP contribution in [0.2, 0.25) is 0 Å². The van der Waals surface area contributed by atoms with Crippen LogP contribution in [-0.2, 0) is 9.59 Å². The second kappa shape index (κ2) is 8.70. The number of halogens is 2. The summed E-state index contributed by atoms with van der Waals surface area (Å²) in [5, 5.41) is 2.96. The molecule has 30 heavy (non-hydrogen) atoms. The summed E-state index contributed by atoms with van der Waals surface area (Å²) >= 11 is 0. The topological polar surface area (TPSA) is 69.7 Å². The summed E-state index contributed by atoms with van der Waals surface area (Å²) in [5.74, 6) is -1.72. The first-order valence-electron chi connectivity index (χ1n) is 10.7. The molecule has 0 spiro atoms. The molecule has 3 amide bonds. The number of rotatable bonds is 6. The van der Waals surface area contributed by atoms with Gasteiger partial charge in [0.15, 0.2) is 11.6 Å². The van der Waals surface area contributed by atoms with Crippen LogP contribution in [0.15, 0.2) is 18.2 Å². The maximum absolute atomic E-state index is 13.4. The fourth-order valence-electron chi connectivity index (χ4n) is 4.28. The first-order valence-corrected chi connectivity index (χ1v) is 10.7. The average molecular weight is 419 g/mol. The van der Waals surface area contributed by atoms with E-state index in [2.05, 4.69) is 5.32 Å². The summed E-state index contributed by atoms with van der Waals surface area (Å²) in [6, 6.07) is 3.19. The molecule has 2 heterocycles. The van der Waals surface area contributed by atoms with Crippen molar-refractivity contribution in [1.82, 2.24) is 15.1 Å². The molecule has 1 saturated carbocycles. The smallest absolute Gasteiger partial charge is 0.253 e. The van der Waals surface area contributed by atoms with Gasteiger partial charge in [0.25, 0.3) is 5.91 Å². The number of benzene rings is 1. The first kappa shape index (κ1) is 20.8. The molecule has 1 aromatic carbocycles. The Labute approximate surface area is 174 Å². The van der Waals surface area contributed by atoms with Gasteiger partial charge in [0, 0.05) is 44.7 Å². The van der Waals surface area contributed by atoms with Crippen LogP contribution in [0, 0.1) is 29.4 Å². The molecule has 0 bridgehead atoms. The highest BCUT2D eigenvalue weighted by molar-refractivity contribution is 5.94. The molecule has 0 aromatic heterocycles. The fourth-order valence-corrected chi connectivity index (χ4v) is 4.28. The second-order valence-electron chi connectivity index (χ2n) is 8.75. The summed E-state index contributed by atoms with van der Waals surface area (Å²) in [6.45, 7) is 2.79. The van der Waals surface area contributed by atoms with Gasteiger partial charge in [-0.15, -0.1) is 0 Å². The van der Waals surface area contributed by atoms with E-state index in [9.17, 15) is 23.2 Å². The predicted octanol–water partition coefficient (Wildman–Crippen LogP) is 2.19. The summed E-state index contributed by atoms with van der Waals surface area (Å²) < 4.78 is 26.5. The molecule has 3 aliphatic rings. The van der Waals surface area contributed by atoms with Gasteiger partial charge >= 0.3 is 0 Å². The van der Waals surface area contributed by atoms with E-state index in [1.54, 1.807) is 9.80 Å². The van der Waals surface area contributed by atoms with Crippen molar-refractivity contribution in [2.75, 3.05) is 32.7 Å². The normalized spacial score (nSPS) is 22.5. The molecule has 1 N–H and O–H groups in total. The zero-order chi connectivity index (χ0) is 21.3. The standard InChI is InChI=1S/C22H27F2N3O3/c23-18-4-3-16(9-19(18)24)22(30)26-7-5-15(6-8-26)12-27-13-17(10-20(27)28)21(29)25-11-14-1-2-14/h3-4,9,14-15,17H,1-2,5-8,10-13H2,(H,25,29). The van der Waals surface area contributed by atoms with Crippen LogP contribution in [0.4, 0.5) is 8.78 Å². The molecule has 8 heteroatoms. The van der Waals surface area contributed by atoms with E-state index in [-0.39, 0.29) is 41.5 Å². The molecule has 162 valence electrons. The van der Waals surface area contributed by atoms with Gasteiger partial charge in [-0.2, -0.15) is 0 Å². The Bertz CT molecular complexity index is 835. The lowest BCUT2D eigenvalue weighted by Gasteiger charge is -2.34. The minimum absolute atomic E-state index is 0.0156. The molecule has 1 atom stereocenters. The Kier molecular flexibility index (Phi) is 6.01. The third-order valence-electron chi connectivity index (χ3n) is 6.39. The van der Waals surface area contributed by atoms with Crippen molar-refractivity contribution < 1.29 is 23.2 Å². The third kappa shape index (κ3) is 4.79. The predicted molar refractivity (Wildman–Crippen MR) is 105 cm³/mol. The zero-order valence-electron chi connectivity index (χ0n) is 16.9. The van der Waals surface area contributed by atoms with Crippen LogP contribution in [0.1, 0.15) is 42.5 Å². The summed E-state index contributed by atoms with van der Waals surface area (Å²) in [6.07, 6.45) is 4.08. The van der Waals surface area contributed by atoms with Gasteiger partial charge in [0.05, 0.1) is 5.92 Å². The van der Waals surface area contributed by atoms with Crippen LogP contribution in [0.25, 0.3) is 0 Å². The lowest BCUT2D eigenvalue weighted by molar-refractivity contribution is -0.129. The number of hydrogen-bond acceptors (Lipinski definition) is 3. The van der Waals surface area contributed by atoms with E-state index >= 15 is 0 Å². The molecule has 1 aliphatic carbocycles. The Hall–Kier alpha value is -2.51. The van der Waals surface area contributed by atoms with Gasteiger partial charge < -0.3 is 15.1 Å². The van der Waals surface area contributed by atoms with E-state index in [1.807, 2.05) is 0 Å². The average Bonchev–Trinajstić information content (AvgIpc) is 3.50. The van der Waals surface area contributed by atoms with Crippen LogP contribution in [-0.4, -0.2) is 60.2 Å². The molecule has 6 nitrogen and oxygen atoms in total. The van der Waals surface area contributed by atoms with Gasteiger partial charge in [0.1, 0.15) is 0 Å². The Balaban J connectivity index is 1.24. The van der Waals surface area contributed by atoms with Crippen molar-refractivity contribution in [3.8, 4) is 0 Å². The zero-order valence-corrected chi connectivity index (χ0v) is 16.9. The highest BCUT2D eigenvalue weighted by Gasteiger charge is 2.36. The molecular weight excluding hydrogens is 392 g/mol. The molecule has 2 aliphatic heterocycles. The van der Waals surface area contributed by atoms with Crippen molar-refractivity contribution in [2.45, 2.75) is 32.1 Å². The summed E-state index contributed by atoms with van der Waals surface area (Å²) in [4.78, 5) is 40.6. The molecule has 1 aromatic rings. The first-order chi connectivity index (χ1) is 14.4. The van der Waals surface area contributed by atoms with Crippen molar-refractivity contribution in [3.05, 3.63) is 35.4 Å². The minimum Gasteiger partial charge on any atom is -0.356 e. The number of hydrogen-bond donors (Lipinski definition) is 1. The molecule has 0 radical (unpaired) electrons. The number of nitrogens with one attached hydrogen (secondary N) is 1. The molecule has 2 saturated heterocycles. The SMILES string of the molecule is O=C(NCC1CC1)C1CC(=O)N(CC2CCN(C(=O)c3ccc(F)c(F)c3)CC2)C1. The maximum atomic E-state index is 13.4. The highest BCUT2D eigenvalue weighted by atomic mass is 19.2. The highest BCUT2D eigenvalue weighted by Crippen LogP contribution is 2.28. The fraction of sp³-hybridized carbons (Fsp3) is 0.591. The number of amides is 3. The molecule has 1 unspecified atom stereocenters. The van der Waals surface area contributed by atoms with E-state index in [0.717, 1.165) is 25.0 Å². The molecule has 3 fully saturated rings. The van der Waals surface area contributed by atoms with E-state index in [0.29, 0.717) is 38.6 Å². The third-order valence-corrected chi connectivity index (χ3v) is 6.39. The van der Waals surface area contributed by atoms with Gasteiger partial charge in [0.2, 0.25) is 11.8 Å². The monoisotopic (exact) mass is 419 g/mol. The van der Waals surface area contributed by atoms with Crippen molar-refractivity contribution in [3.63, 3.8) is 0 Å². The Morgan fingerprint density at radius 2 is 1.77 bits per heavy atom. The minimum atomic E-state index is -1.03. The van der Waals surface area contributed by atoms with Crippen molar-refractivity contribution in [2.24, 2.45) is 17.8 Å². The number of carbonyl (C=O) groups excluding carboxylic acids is 3. The van der Waals surface area contributed by atoms with Gasteiger partial charge in [-0.05, 0) is 55.7 Å². The second-order valence-corrected chi connectivity index (χ2v) is 8.75. The summed E-state index contributed by atoms with van der Waals surface area (Å²) in [5.41, 5.74) is 0.141. The van der Waals surface area contributed by atoms with E-state index in [1.165, 1.54) is 18.9 Å². The summed E-state index contributed by atoms with van der Waals surface area (Å²) in [7, 11) is 0. The van der Waals surface area contributed by atoms with E-state index in [4.69, 9.17) is 0 Å². The Morgan fingerprint density at radius 1 is 1.03 bits per heavy atom. The molecule has 4 rings (SSSR count). The van der Waals surface area contributed by atoms with Crippen LogP contribution >= 0.6 is 0 Å². The van der Waals surface area contributed by atoms with Crippen molar-refractivity contribution >= 4 is 17.7 Å². The molecular formula is C22H27F2N3O3. The number of nitrogens with zero attached hydrogens (tertiary/aromatic N) is 2. The quantitative estimate of drug-likeness (QED) is 0.769. The van der Waals surface area contributed by atoms with Gasteiger partial charge in [-0.3, -0.25) is 14.4 Å². The van der Waals surface area contributed by atoms with Gasteiger partial charge in [-0.1, -0.05) is 0 Å².